The highest BCUT2D eigenvalue weighted by Gasteiger charge is 2.41. The van der Waals surface area contributed by atoms with E-state index in [2.05, 4.69) is 6.07 Å². The van der Waals surface area contributed by atoms with Gasteiger partial charge in [-0.25, -0.2) is 9.88 Å². The molecule has 0 spiro atoms. The van der Waals surface area contributed by atoms with Crippen LogP contribution in [0.2, 0.25) is 5.02 Å². The van der Waals surface area contributed by atoms with Gasteiger partial charge in [0.05, 0.1) is 29.3 Å². The van der Waals surface area contributed by atoms with Crippen LogP contribution in [0, 0.1) is 18.3 Å². The van der Waals surface area contributed by atoms with E-state index in [0.29, 0.717) is 49.8 Å². The average Bonchev–Trinajstić information content (AvgIpc) is 3.34. The van der Waals surface area contributed by atoms with Crippen molar-refractivity contribution >= 4 is 40.9 Å². The smallest absolute Gasteiger partial charge is 0.247 e. The lowest BCUT2D eigenvalue weighted by atomic mass is 9.98. The van der Waals surface area contributed by atoms with Crippen LogP contribution in [0.1, 0.15) is 17.5 Å². The molecular formula is C36H26ClN3O4S. The number of thioether (sulfide) groups is 1. The molecule has 2 amide bonds. The largest absolute Gasteiger partial charge is 0.497 e. The maximum atomic E-state index is 13.7. The third-order valence-corrected chi connectivity index (χ3v) is 8.77. The number of carbonyl (C=O) groups excluding carboxylic acids is 2. The minimum absolute atomic E-state index is 0.0221. The molecule has 0 bridgehead atoms. The molecule has 1 unspecified atom stereocenters. The number of nitrogens with zero attached hydrogens (tertiary/aromatic N) is 3. The van der Waals surface area contributed by atoms with E-state index in [4.69, 9.17) is 26.1 Å². The first-order chi connectivity index (χ1) is 21.8. The van der Waals surface area contributed by atoms with Crippen molar-refractivity contribution in [1.29, 1.82) is 5.26 Å². The number of methoxy groups -OCH3 is 1. The topological polar surface area (TPSA) is 92.5 Å². The van der Waals surface area contributed by atoms with Gasteiger partial charge in [0.1, 0.15) is 28.3 Å². The molecule has 0 aliphatic carbocycles. The molecule has 1 aliphatic heterocycles. The molecule has 1 saturated heterocycles. The van der Waals surface area contributed by atoms with Gasteiger partial charge in [-0.3, -0.25) is 9.59 Å². The van der Waals surface area contributed by atoms with E-state index < -0.39 is 5.25 Å². The summed E-state index contributed by atoms with van der Waals surface area (Å²) in [4.78, 5) is 32.9. The summed E-state index contributed by atoms with van der Waals surface area (Å²) in [5.41, 5.74) is 4.90. The van der Waals surface area contributed by atoms with Crippen LogP contribution < -0.4 is 14.4 Å². The lowest BCUT2D eigenvalue weighted by Crippen LogP contribution is -2.31. The minimum atomic E-state index is -0.751. The van der Waals surface area contributed by atoms with Gasteiger partial charge in [0.2, 0.25) is 11.8 Å². The first-order valence-corrected chi connectivity index (χ1v) is 15.3. The standard InChI is InChI=1S/C36H26ClN3O4S/c1-22-3-5-23(6-4-22)30-19-32(24-7-13-27(43-2)14-8-24)39-35(31(30)21-38)45-33-20-34(41)40(36(33)42)26-11-17-29(18-12-26)44-28-15-9-25(37)10-16-28/h3-19,33H,20H2,1-2H3. The van der Waals surface area contributed by atoms with Crippen LogP contribution in [0.5, 0.6) is 17.2 Å². The van der Waals surface area contributed by atoms with Crippen molar-refractivity contribution in [2.75, 3.05) is 12.0 Å². The Bertz CT molecular complexity index is 1920. The normalized spacial score (nSPS) is 14.4. The number of aromatic nitrogens is 1. The molecule has 5 aromatic rings. The van der Waals surface area contributed by atoms with Crippen molar-refractivity contribution < 1.29 is 19.1 Å². The Morgan fingerprint density at radius 1 is 0.867 bits per heavy atom. The summed E-state index contributed by atoms with van der Waals surface area (Å²) in [6.45, 7) is 2.00. The minimum Gasteiger partial charge on any atom is -0.497 e. The number of carbonyl (C=O) groups is 2. The van der Waals surface area contributed by atoms with Crippen molar-refractivity contribution in [3.8, 4) is 45.7 Å². The van der Waals surface area contributed by atoms with Crippen LogP contribution in [0.3, 0.4) is 0 Å². The zero-order valence-corrected chi connectivity index (χ0v) is 25.9. The van der Waals surface area contributed by atoms with E-state index in [-0.39, 0.29) is 18.2 Å². The number of aryl methyl sites for hydroxylation is 1. The molecule has 45 heavy (non-hydrogen) atoms. The first-order valence-electron chi connectivity index (χ1n) is 14.1. The number of imide groups is 1. The number of pyridine rings is 1. The highest BCUT2D eigenvalue weighted by atomic mass is 35.5. The Hall–Kier alpha value is -5.10. The zero-order chi connectivity index (χ0) is 31.5. The van der Waals surface area contributed by atoms with Crippen LogP contribution in [0.4, 0.5) is 5.69 Å². The molecule has 9 heteroatoms. The summed E-state index contributed by atoms with van der Waals surface area (Å²) in [7, 11) is 1.60. The van der Waals surface area contributed by atoms with Crippen LogP contribution in [-0.2, 0) is 9.59 Å². The van der Waals surface area contributed by atoms with E-state index in [1.165, 1.54) is 4.90 Å². The predicted molar refractivity (Wildman–Crippen MR) is 176 cm³/mol. The van der Waals surface area contributed by atoms with Crippen molar-refractivity contribution in [2.45, 2.75) is 23.6 Å². The fraction of sp³-hybridized carbons (Fsp3) is 0.111. The summed E-state index contributed by atoms with van der Waals surface area (Å²) in [5.74, 6) is 1.18. The quantitative estimate of drug-likeness (QED) is 0.159. The molecule has 0 N–H and O–H groups in total. The summed E-state index contributed by atoms with van der Waals surface area (Å²) in [5, 5.41) is 10.6. The van der Waals surface area contributed by atoms with Crippen LogP contribution >= 0.6 is 23.4 Å². The Morgan fingerprint density at radius 2 is 1.47 bits per heavy atom. The molecule has 0 saturated carbocycles. The van der Waals surface area contributed by atoms with Gasteiger partial charge < -0.3 is 9.47 Å². The van der Waals surface area contributed by atoms with Crippen LogP contribution in [0.15, 0.2) is 108 Å². The van der Waals surface area contributed by atoms with Gasteiger partial charge in [-0.1, -0.05) is 53.2 Å². The van der Waals surface area contributed by atoms with E-state index in [0.717, 1.165) is 28.5 Å². The summed E-state index contributed by atoms with van der Waals surface area (Å²) in [6, 6.07) is 33.3. The van der Waals surface area contributed by atoms with Crippen LogP contribution in [0.25, 0.3) is 22.4 Å². The summed E-state index contributed by atoms with van der Waals surface area (Å²) < 4.78 is 11.2. The molecule has 7 nitrogen and oxygen atoms in total. The number of anilines is 1. The molecule has 1 atom stereocenters. The van der Waals surface area contributed by atoms with E-state index in [1.807, 2.05) is 61.5 Å². The molecule has 1 fully saturated rings. The second-order valence-electron chi connectivity index (χ2n) is 10.4. The summed E-state index contributed by atoms with van der Waals surface area (Å²) in [6.07, 6.45) is -0.0221. The number of hydrogen-bond acceptors (Lipinski definition) is 7. The number of benzene rings is 4. The zero-order valence-electron chi connectivity index (χ0n) is 24.4. The second kappa shape index (κ2) is 12.9. The summed E-state index contributed by atoms with van der Waals surface area (Å²) >= 11 is 7.09. The Morgan fingerprint density at radius 3 is 2.09 bits per heavy atom. The maximum absolute atomic E-state index is 13.7. The average molecular weight is 632 g/mol. The Kier molecular flexibility index (Phi) is 8.56. The van der Waals surface area contributed by atoms with Gasteiger partial charge in [0.25, 0.3) is 0 Å². The van der Waals surface area contributed by atoms with Crippen molar-refractivity contribution in [1.82, 2.24) is 4.98 Å². The van der Waals surface area contributed by atoms with Crippen LogP contribution in [-0.4, -0.2) is 29.2 Å². The maximum Gasteiger partial charge on any atom is 0.247 e. The third kappa shape index (κ3) is 6.41. The number of amides is 2. The number of halogens is 1. The van der Waals surface area contributed by atoms with Gasteiger partial charge in [-0.2, -0.15) is 5.26 Å². The lowest BCUT2D eigenvalue weighted by Gasteiger charge is -2.17. The SMILES string of the molecule is COc1ccc(-c2cc(-c3ccc(C)cc3)c(C#N)c(SC3CC(=O)N(c4ccc(Oc5ccc(Cl)cc5)cc4)C3=O)n2)cc1. The molecule has 0 radical (unpaired) electrons. The number of hydrogen-bond donors (Lipinski definition) is 0. The monoisotopic (exact) mass is 631 g/mol. The molecule has 2 heterocycles. The highest BCUT2D eigenvalue weighted by molar-refractivity contribution is 8.00. The molecule has 1 aromatic heterocycles. The van der Waals surface area contributed by atoms with E-state index >= 15 is 0 Å². The van der Waals surface area contributed by atoms with Crippen molar-refractivity contribution in [3.05, 3.63) is 119 Å². The Labute approximate surface area is 270 Å². The van der Waals surface area contributed by atoms with Gasteiger partial charge in [-0.15, -0.1) is 0 Å². The number of rotatable bonds is 8. The van der Waals surface area contributed by atoms with Gasteiger partial charge >= 0.3 is 0 Å². The molecular weight excluding hydrogens is 606 g/mol. The molecule has 222 valence electrons. The fourth-order valence-electron chi connectivity index (χ4n) is 4.99. The Balaban J connectivity index is 1.30. The van der Waals surface area contributed by atoms with Gasteiger partial charge in [0, 0.05) is 22.6 Å². The van der Waals surface area contributed by atoms with E-state index in [9.17, 15) is 14.9 Å². The number of ether oxygens (including phenoxy) is 2. The van der Waals surface area contributed by atoms with Crippen molar-refractivity contribution in [2.24, 2.45) is 0 Å². The fourth-order valence-corrected chi connectivity index (χ4v) is 6.24. The van der Waals surface area contributed by atoms with Gasteiger partial charge in [-0.05, 0) is 91.3 Å². The second-order valence-corrected chi connectivity index (χ2v) is 12.0. The molecule has 1 aliphatic rings. The van der Waals surface area contributed by atoms with Gasteiger partial charge in [0.15, 0.2) is 0 Å². The van der Waals surface area contributed by atoms with Crippen molar-refractivity contribution in [3.63, 3.8) is 0 Å². The van der Waals surface area contributed by atoms with E-state index in [1.54, 1.807) is 55.6 Å². The number of nitriles is 1. The third-order valence-electron chi connectivity index (χ3n) is 7.35. The highest BCUT2D eigenvalue weighted by Crippen LogP contribution is 2.40. The molecule has 6 rings (SSSR count). The predicted octanol–water partition coefficient (Wildman–Crippen LogP) is 8.47. The molecule has 4 aromatic carbocycles. The lowest BCUT2D eigenvalue weighted by molar-refractivity contribution is -0.121. The first kappa shape index (κ1) is 29.9.